The van der Waals surface area contributed by atoms with E-state index in [-0.39, 0.29) is 41.3 Å². The summed E-state index contributed by atoms with van der Waals surface area (Å²) in [6.45, 7) is 4.52. The molecular weight excluding hydrogens is 496 g/mol. The van der Waals surface area contributed by atoms with E-state index < -0.39 is 11.9 Å². The number of hydrogen-bond acceptors (Lipinski definition) is 6. The monoisotopic (exact) mass is 520 g/mol. The van der Waals surface area contributed by atoms with Crippen molar-refractivity contribution < 1.29 is 19.1 Å². The van der Waals surface area contributed by atoms with Gasteiger partial charge in [-0.1, -0.05) is 17.7 Å². The molecule has 190 valence electrons. The molecule has 1 fully saturated rings. The smallest absolute Gasteiger partial charge is 0.341 e. The summed E-state index contributed by atoms with van der Waals surface area (Å²) in [4.78, 5) is 49.1. The summed E-state index contributed by atoms with van der Waals surface area (Å²) >= 11 is 5.98. The second-order valence-electron chi connectivity index (χ2n) is 8.81. The highest BCUT2D eigenvalue weighted by Crippen LogP contribution is 2.18. The van der Waals surface area contributed by atoms with Gasteiger partial charge in [-0.25, -0.2) is 9.78 Å². The molecule has 0 saturated carbocycles. The second-order valence-corrected chi connectivity index (χ2v) is 9.25. The van der Waals surface area contributed by atoms with Crippen LogP contribution in [0, 0.1) is 6.92 Å². The Labute approximate surface area is 217 Å². The maximum absolute atomic E-state index is 13.6. The van der Waals surface area contributed by atoms with Crippen LogP contribution in [0.5, 0.6) is 0 Å². The summed E-state index contributed by atoms with van der Waals surface area (Å²) in [7, 11) is 0. The van der Waals surface area contributed by atoms with Gasteiger partial charge in [0, 0.05) is 23.4 Å². The largest absolute Gasteiger partial charge is 0.462 e. The van der Waals surface area contributed by atoms with E-state index in [4.69, 9.17) is 26.1 Å². The van der Waals surface area contributed by atoms with E-state index in [9.17, 15) is 14.4 Å². The number of rotatable bonds is 5. The summed E-state index contributed by atoms with van der Waals surface area (Å²) in [5, 5.41) is 0.692. The van der Waals surface area contributed by atoms with Gasteiger partial charge in [0.25, 0.3) is 11.5 Å². The number of nitrogens with zero attached hydrogens (tertiary/aromatic N) is 4. The number of fused-ring (bicyclic) bond motifs is 2. The molecule has 9 nitrogen and oxygen atoms in total. The van der Waals surface area contributed by atoms with Crippen molar-refractivity contribution in [3.63, 3.8) is 0 Å². The number of aryl methyl sites for hydroxylation is 1. The van der Waals surface area contributed by atoms with Gasteiger partial charge in [-0.15, -0.1) is 0 Å². The average molecular weight is 521 g/mol. The fourth-order valence-electron chi connectivity index (χ4n) is 4.48. The number of halogens is 1. The molecule has 5 rings (SSSR count). The molecule has 0 bridgehead atoms. The van der Waals surface area contributed by atoms with Crippen molar-refractivity contribution in [3.05, 3.63) is 86.2 Å². The maximum Gasteiger partial charge on any atom is 0.341 e. The van der Waals surface area contributed by atoms with E-state index >= 15 is 0 Å². The van der Waals surface area contributed by atoms with Gasteiger partial charge >= 0.3 is 5.97 Å². The van der Waals surface area contributed by atoms with Crippen LogP contribution >= 0.6 is 11.6 Å². The Balaban J connectivity index is 1.87. The number of carbonyl (C=O) groups excluding carboxylic acids is 2. The molecule has 0 N–H and O–H groups in total. The minimum absolute atomic E-state index is 0.00108. The summed E-state index contributed by atoms with van der Waals surface area (Å²) in [5.74, 6) is -1.27. The lowest BCUT2D eigenvalue weighted by atomic mass is 10.1. The third-order valence-electron chi connectivity index (χ3n) is 6.31. The van der Waals surface area contributed by atoms with Crippen molar-refractivity contribution >= 4 is 40.2 Å². The molecule has 0 spiro atoms. The van der Waals surface area contributed by atoms with Gasteiger partial charge in [0.15, 0.2) is 5.49 Å². The van der Waals surface area contributed by atoms with E-state index in [2.05, 4.69) is 4.99 Å². The van der Waals surface area contributed by atoms with Crippen LogP contribution < -0.4 is 11.0 Å². The minimum Gasteiger partial charge on any atom is -0.462 e. The van der Waals surface area contributed by atoms with E-state index in [1.165, 1.54) is 10.5 Å². The number of aromatic nitrogens is 3. The molecule has 37 heavy (non-hydrogen) atoms. The minimum atomic E-state index is -0.693. The number of pyridine rings is 2. The lowest BCUT2D eigenvalue weighted by Gasteiger charge is -2.18. The predicted octanol–water partition coefficient (Wildman–Crippen LogP) is 3.71. The number of amides is 1. The Morgan fingerprint density at radius 2 is 2.00 bits per heavy atom. The van der Waals surface area contributed by atoms with Gasteiger partial charge in [-0.2, -0.15) is 4.99 Å². The molecule has 4 aromatic rings. The lowest BCUT2D eigenvalue weighted by molar-refractivity contribution is 0.0521. The van der Waals surface area contributed by atoms with Gasteiger partial charge in [0.2, 0.25) is 0 Å². The van der Waals surface area contributed by atoms with Crippen LogP contribution in [0.1, 0.15) is 46.0 Å². The van der Waals surface area contributed by atoms with Crippen LogP contribution in [0.4, 0.5) is 0 Å². The molecule has 10 heteroatoms. The van der Waals surface area contributed by atoms with Gasteiger partial charge < -0.3 is 14.0 Å². The SMILES string of the molecule is CCOC(=O)c1cc2c(=O)n3cccc(C)c3nc2n(CC2CCCO2)c1=NC(=O)c1ccc(Cl)cc1. The highest BCUT2D eigenvalue weighted by Gasteiger charge is 2.24. The number of hydrogen-bond donors (Lipinski definition) is 0. The topological polar surface area (TPSA) is 104 Å². The molecule has 1 amide bonds. The summed E-state index contributed by atoms with van der Waals surface area (Å²) in [6, 6.07) is 11.3. The normalized spacial score (nSPS) is 16.0. The second kappa shape index (κ2) is 10.3. The van der Waals surface area contributed by atoms with E-state index in [0.29, 0.717) is 28.5 Å². The fourth-order valence-corrected chi connectivity index (χ4v) is 4.61. The third-order valence-corrected chi connectivity index (χ3v) is 6.56. The molecule has 3 aromatic heterocycles. The molecule has 1 atom stereocenters. The number of benzene rings is 1. The third kappa shape index (κ3) is 4.80. The number of esters is 1. The first-order chi connectivity index (χ1) is 17.9. The van der Waals surface area contributed by atoms with Crippen LogP contribution in [0.2, 0.25) is 5.02 Å². The van der Waals surface area contributed by atoms with Gasteiger partial charge in [0.05, 0.1) is 24.6 Å². The Morgan fingerprint density at radius 3 is 2.70 bits per heavy atom. The molecular formula is C27H25ClN4O5. The standard InChI is InChI=1S/C27H25ClN4O5/c1-3-36-27(35)21-14-20-23(29-22-16(2)6-4-12-31(22)26(20)34)32(15-19-7-5-13-37-19)24(21)30-25(33)17-8-10-18(28)11-9-17/h4,6,8-12,14,19H,3,5,7,13,15H2,1-2H3. The van der Waals surface area contributed by atoms with Crippen LogP contribution in [-0.2, 0) is 16.0 Å². The quantitative estimate of drug-likeness (QED) is 0.293. The highest BCUT2D eigenvalue weighted by atomic mass is 35.5. The molecule has 1 aliphatic rings. The first-order valence-electron chi connectivity index (χ1n) is 12.1. The Morgan fingerprint density at radius 1 is 1.22 bits per heavy atom. The lowest BCUT2D eigenvalue weighted by Crippen LogP contribution is -2.35. The Hall–Kier alpha value is -3.82. The average Bonchev–Trinajstić information content (AvgIpc) is 3.40. The van der Waals surface area contributed by atoms with Crippen molar-refractivity contribution in [3.8, 4) is 0 Å². The van der Waals surface area contributed by atoms with E-state index in [1.54, 1.807) is 48.0 Å². The molecule has 0 aliphatic carbocycles. The molecule has 1 saturated heterocycles. The zero-order valence-corrected chi connectivity index (χ0v) is 21.2. The molecule has 0 radical (unpaired) electrons. The zero-order valence-electron chi connectivity index (χ0n) is 20.4. The molecule has 1 aromatic carbocycles. The van der Waals surface area contributed by atoms with Crippen molar-refractivity contribution in [2.75, 3.05) is 13.2 Å². The predicted molar refractivity (Wildman–Crippen MR) is 138 cm³/mol. The van der Waals surface area contributed by atoms with Crippen molar-refractivity contribution in [2.24, 2.45) is 4.99 Å². The zero-order chi connectivity index (χ0) is 26.1. The van der Waals surface area contributed by atoms with Crippen molar-refractivity contribution in [1.82, 2.24) is 14.0 Å². The Bertz CT molecular complexity index is 1650. The van der Waals surface area contributed by atoms with Crippen molar-refractivity contribution in [2.45, 2.75) is 39.3 Å². The van der Waals surface area contributed by atoms with E-state index in [0.717, 1.165) is 18.4 Å². The summed E-state index contributed by atoms with van der Waals surface area (Å²) < 4.78 is 14.2. The van der Waals surface area contributed by atoms with Crippen LogP contribution in [0.3, 0.4) is 0 Å². The first kappa shape index (κ1) is 24.9. The van der Waals surface area contributed by atoms with Gasteiger partial charge in [-0.05, 0) is 68.7 Å². The van der Waals surface area contributed by atoms with Crippen LogP contribution in [-0.4, -0.2) is 45.1 Å². The van der Waals surface area contributed by atoms with Gasteiger partial charge in [0.1, 0.15) is 16.9 Å². The molecule has 1 aliphatic heterocycles. The number of ether oxygens (including phenoxy) is 2. The van der Waals surface area contributed by atoms with E-state index in [1.807, 2.05) is 13.0 Å². The van der Waals surface area contributed by atoms with Crippen molar-refractivity contribution in [1.29, 1.82) is 0 Å². The molecule has 4 heterocycles. The first-order valence-corrected chi connectivity index (χ1v) is 12.4. The summed E-state index contributed by atoms with van der Waals surface area (Å²) in [5.41, 5.74) is 1.60. The number of carbonyl (C=O) groups is 2. The molecule has 1 unspecified atom stereocenters. The van der Waals surface area contributed by atoms with Crippen LogP contribution in [0.15, 0.2) is 58.4 Å². The van der Waals surface area contributed by atoms with Crippen LogP contribution in [0.25, 0.3) is 16.7 Å². The van der Waals surface area contributed by atoms with Gasteiger partial charge in [-0.3, -0.25) is 14.0 Å². The fraction of sp³-hybridized carbons (Fsp3) is 0.296. The highest BCUT2D eigenvalue weighted by molar-refractivity contribution is 6.30. The summed E-state index contributed by atoms with van der Waals surface area (Å²) in [6.07, 6.45) is 3.11. The maximum atomic E-state index is 13.6. The Kier molecular flexibility index (Phi) is 6.90.